The molecule has 48 heavy (non-hydrogen) atoms. The first kappa shape index (κ1) is 38.2. The van der Waals surface area contributed by atoms with E-state index in [-0.39, 0.29) is 34.5 Å². The Morgan fingerprint density at radius 3 is 1.71 bits per heavy atom. The summed E-state index contributed by atoms with van der Waals surface area (Å²) in [5, 5.41) is 2.44. The van der Waals surface area contributed by atoms with Crippen LogP contribution in [0.1, 0.15) is 74.3 Å². The van der Waals surface area contributed by atoms with E-state index in [2.05, 4.69) is 172 Å². The first-order valence-electron chi connectivity index (χ1n) is 17.6. The van der Waals surface area contributed by atoms with E-state index >= 15 is 0 Å². The van der Waals surface area contributed by atoms with E-state index in [0.717, 1.165) is 17.6 Å². The van der Waals surface area contributed by atoms with Crippen LogP contribution in [0.3, 0.4) is 0 Å². The Morgan fingerprint density at radius 1 is 0.771 bits per heavy atom. The Bertz CT molecular complexity index is 1440. The van der Waals surface area contributed by atoms with Crippen LogP contribution in [0.2, 0.25) is 23.2 Å². The molecule has 4 nitrogen and oxygen atoms in total. The summed E-state index contributed by atoms with van der Waals surface area (Å²) in [5.74, 6) is 0. The molecule has 4 unspecified atom stereocenters. The van der Waals surface area contributed by atoms with Crippen molar-refractivity contribution in [3.63, 3.8) is 0 Å². The van der Waals surface area contributed by atoms with Gasteiger partial charge in [-0.15, -0.1) is 0 Å². The molecule has 1 aliphatic heterocycles. The van der Waals surface area contributed by atoms with E-state index in [9.17, 15) is 0 Å². The molecule has 4 atom stereocenters. The summed E-state index contributed by atoms with van der Waals surface area (Å²) in [6.07, 6.45) is 4.69. The lowest BCUT2D eigenvalue weighted by Crippen LogP contribution is -2.68. The third-order valence-electron chi connectivity index (χ3n) is 10.3. The summed E-state index contributed by atoms with van der Waals surface area (Å²) in [6.45, 7) is 26.3. The topological polar surface area (TPSA) is 40.2 Å². The standard InChI is InChI=1S/C42H60O4Si2/c1-12-32(2)37(45-47(10,11)41(4,5)6)29-28-33(3)39(40(38-31-43-38)44-30-34-22-16-13-17-23-34)46-48(42(7,8)9,35-24-18-14-19-25-35)36-26-20-15-21-27-36/h12-28,37-40H,29-31H2,1-11H3/b32-12-,33-28+. The summed E-state index contributed by atoms with van der Waals surface area (Å²) >= 11 is 0. The molecule has 0 saturated carbocycles. The number of benzene rings is 3. The first-order chi connectivity index (χ1) is 22.6. The molecule has 1 fully saturated rings. The van der Waals surface area contributed by atoms with Crippen LogP contribution in [0.4, 0.5) is 0 Å². The molecule has 260 valence electrons. The summed E-state index contributed by atoms with van der Waals surface area (Å²) in [6, 6.07) is 32.2. The zero-order valence-electron chi connectivity index (χ0n) is 31.4. The van der Waals surface area contributed by atoms with Crippen molar-refractivity contribution in [2.75, 3.05) is 6.61 Å². The summed E-state index contributed by atoms with van der Waals surface area (Å²) in [4.78, 5) is 0. The van der Waals surface area contributed by atoms with Gasteiger partial charge in [0.15, 0.2) is 8.32 Å². The zero-order valence-corrected chi connectivity index (χ0v) is 33.4. The molecule has 1 aliphatic rings. The van der Waals surface area contributed by atoms with Gasteiger partial charge < -0.3 is 18.3 Å². The van der Waals surface area contributed by atoms with Crippen molar-refractivity contribution in [2.45, 2.75) is 123 Å². The summed E-state index contributed by atoms with van der Waals surface area (Å²) in [5.41, 5.74) is 3.56. The predicted octanol–water partition coefficient (Wildman–Crippen LogP) is 9.61. The molecule has 3 aromatic rings. The van der Waals surface area contributed by atoms with Gasteiger partial charge in [0.05, 0.1) is 25.4 Å². The molecule has 0 spiro atoms. The SMILES string of the molecule is C/C=C(/C)C(C/C=C(\C)C(O[Si](c1ccccc1)(c1ccccc1)C(C)(C)C)C(OCc1ccccc1)C1CO1)O[Si](C)(C)C(C)(C)C. The third-order valence-corrected chi connectivity index (χ3v) is 19.8. The van der Waals surface area contributed by atoms with Gasteiger partial charge in [0.1, 0.15) is 12.2 Å². The van der Waals surface area contributed by atoms with Crippen LogP contribution in [0.25, 0.3) is 0 Å². The molecule has 0 amide bonds. The van der Waals surface area contributed by atoms with Gasteiger partial charge in [-0.2, -0.15) is 0 Å². The quantitative estimate of drug-likeness (QED) is 0.0908. The van der Waals surface area contributed by atoms with Gasteiger partial charge in [-0.3, -0.25) is 0 Å². The molecule has 4 rings (SSSR count). The van der Waals surface area contributed by atoms with Crippen LogP contribution in [0.5, 0.6) is 0 Å². The van der Waals surface area contributed by atoms with Gasteiger partial charge in [-0.25, -0.2) is 0 Å². The minimum absolute atomic E-state index is 0.000202. The lowest BCUT2D eigenvalue weighted by molar-refractivity contribution is -0.0389. The number of allylic oxidation sites excluding steroid dienone is 1. The summed E-state index contributed by atoms with van der Waals surface area (Å²) in [7, 11) is -4.94. The van der Waals surface area contributed by atoms with E-state index in [1.807, 2.05) is 6.07 Å². The first-order valence-corrected chi connectivity index (χ1v) is 22.5. The van der Waals surface area contributed by atoms with Crippen molar-refractivity contribution in [3.8, 4) is 0 Å². The summed E-state index contributed by atoms with van der Waals surface area (Å²) < 4.78 is 27.8. The minimum atomic E-state index is -2.92. The highest BCUT2D eigenvalue weighted by atomic mass is 28.4. The van der Waals surface area contributed by atoms with Crippen LogP contribution >= 0.6 is 0 Å². The molecular formula is C42H60O4Si2. The number of hydrogen-bond donors (Lipinski definition) is 0. The second-order valence-electron chi connectivity index (χ2n) is 15.9. The normalized spacial score (nSPS) is 18.4. The molecular weight excluding hydrogens is 625 g/mol. The van der Waals surface area contributed by atoms with Crippen molar-refractivity contribution in [1.82, 2.24) is 0 Å². The van der Waals surface area contributed by atoms with Gasteiger partial charge in [0.2, 0.25) is 0 Å². The highest BCUT2D eigenvalue weighted by Crippen LogP contribution is 2.41. The smallest absolute Gasteiger partial charge is 0.262 e. The second kappa shape index (κ2) is 16.0. The number of ether oxygens (including phenoxy) is 2. The monoisotopic (exact) mass is 684 g/mol. The molecule has 0 radical (unpaired) electrons. The number of rotatable bonds is 15. The molecule has 1 saturated heterocycles. The van der Waals surface area contributed by atoms with E-state index < -0.39 is 16.6 Å². The highest BCUT2D eigenvalue weighted by molar-refractivity contribution is 6.99. The Labute approximate surface area is 293 Å². The van der Waals surface area contributed by atoms with E-state index in [1.165, 1.54) is 15.9 Å². The minimum Gasteiger partial charge on any atom is -0.410 e. The van der Waals surface area contributed by atoms with Crippen LogP contribution < -0.4 is 10.4 Å². The van der Waals surface area contributed by atoms with Gasteiger partial charge >= 0.3 is 0 Å². The van der Waals surface area contributed by atoms with E-state index in [0.29, 0.717) is 13.2 Å². The van der Waals surface area contributed by atoms with Crippen LogP contribution in [-0.2, 0) is 24.9 Å². The average molecular weight is 685 g/mol. The predicted molar refractivity (Wildman–Crippen MR) is 207 cm³/mol. The van der Waals surface area contributed by atoms with E-state index in [1.54, 1.807) is 0 Å². The molecule has 3 aromatic carbocycles. The molecule has 0 bridgehead atoms. The van der Waals surface area contributed by atoms with Crippen molar-refractivity contribution in [3.05, 3.63) is 120 Å². The van der Waals surface area contributed by atoms with Gasteiger partial charge in [-0.1, -0.05) is 145 Å². The largest absolute Gasteiger partial charge is 0.410 e. The molecule has 1 heterocycles. The third kappa shape index (κ3) is 9.14. The zero-order chi connectivity index (χ0) is 35.2. The number of epoxide rings is 1. The van der Waals surface area contributed by atoms with Gasteiger partial charge in [-0.05, 0) is 77.4 Å². The van der Waals surface area contributed by atoms with Crippen molar-refractivity contribution in [2.24, 2.45) is 0 Å². The molecule has 6 heteroatoms. The maximum absolute atomic E-state index is 7.88. The number of hydrogen-bond acceptors (Lipinski definition) is 4. The van der Waals surface area contributed by atoms with Crippen molar-refractivity contribution in [1.29, 1.82) is 0 Å². The van der Waals surface area contributed by atoms with Crippen LogP contribution in [0.15, 0.2) is 114 Å². The Balaban J connectivity index is 1.84. The lowest BCUT2D eigenvalue weighted by atomic mass is 10.00. The maximum Gasteiger partial charge on any atom is 0.262 e. The fourth-order valence-electron chi connectivity index (χ4n) is 6.16. The Morgan fingerprint density at radius 2 is 1.27 bits per heavy atom. The fourth-order valence-corrected chi connectivity index (χ4v) is 12.2. The van der Waals surface area contributed by atoms with Crippen LogP contribution in [-0.4, -0.2) is 47.7 Å². The Kier molecular flexibility index (Phi) is 12.7. The maximum atomic E-state index is 7.88. The Hall–Kier alpha value is -2.59. The molecule has 0 aliphatic carbocycles. The van der Waals surface area contributed by atoms with Crippen molar-refractivity contribution < 1.29 is 18.3 Å². The second-order valence-corrected chi connectivity index (χ2v) is 24.9. The average Bonchev–Trinajstić information content (AvgIpc) is 3.90. The lowest BCUT2D eigenvalue weighted by Gasteiger charge is -2.46. The van der Waals surface area contributed by atoms with E-state index in [4.69, 9.17) is 18.3 Å². The van der Waals surface area contributed by atoms with Crippen molar-refractivity contribution >= 4 is 27.0 Å². The van der Waals surface area contributed by atoms with Gasteiger partial charge in [0.25, 0.3) is 8.32 Å². The van der Waals surface area contributed by atoms with Gasteiger partial charge in [0, 0.05) is 0 Å². The molecule has 0 aromatic heterocycles. The fraction of sp³-hybridized carbons (Fsp3) is 0.476. The highest BCUT2D eigenvalue weighted by Gasteiger charge is 2.54. The van der Waals surface area contributed by atoms with Crippen LogP contribution in [0, 0.1) is 0 Å². The molecule has 0 N–H and O–H groups in total.